The van der Waals surface area contributed by atoms with E-state index in [0.29, 0.717) is 70.2 Å². The monoisotopic (exact) mass is 842 g/mol. The zero-order valence-corrected chi connectivity index (χ0v) is 33.0. The summed E-state index contributed by atoms with van der Waals surface area (Å²) in [7, 11) is 0. The van der Waals surface area contributed by atoms with Gasteiger partial charge in [0.25, 0.3) is 6.43 Å². The van der Waals surface area contributed by atoms with Crippen LogP contribution < -0.4 is 15.1 Å². The molecule has 3 fully saturated rings. The number of halogens is 4. The van der Waals surface area contributed by atoms with E-state index < -0.39 is 48.9 Å². The van der Waals surface area contributed by atoms with Crippen LogP contribution in [0.2, 0.25) is 10.0 Å². The first-order chi connectivity index (χ1) is 28.5. The Hall–Kier alpha value is -5.70. The van der Waals surface area contributed by atoms with Crippen LogP contribution in [0, 0.1) is 0 Å². The third-order valence-electron chi connectivity index (χ3n) is 11.1. The normalized spacial score (nSPS) is 20.1. The van der Waals surface area contributed by atoms with E-state index in [1.165, 1.54) is 16.1 Å². The second-order valence-corrected chi connectivity index (χ2v) is 15.5. The summed E-state index contributed by atoms with van der Waals surface area (Å²) in [6.07, 6.45) is 2.33. The molecule has 3 aliphatic rings. The van der Waals surface area contributed by atoms with Gasteiger partial charge in [-0.15, -0.1) is 0 Å². The van der Waals surface area contributed by atoms with Crippen molar-refractivity contribution in [1.29, 1.82) is 0 Å². The highest BCUT2D eigenvalue weighted by Crippen LogP contribution is 2.45. The third-order valence-corrected chi connectivity index (χ3v) is 11.9. The smallest absolute Gasteiger partial charge is 0.324 e. The van der Waals surface area contributed by atoms with E-state index in [1.54, 1.807) is 48.8 Å². The van der Waals surface area contributed by atoms with Crippen molar-refractivity contribution < 1.29 is 37.5 Å². The number of carbonyl (C=O) groups is 4. The number of amides is 5. The number of carbonyl (C=O) groups excluding carboxylic acids is 4. The molecule has 8 rings (SSSR count). The molecule has 5 amide bonds. The Balaban J connectivity index is 1.13. The lowest BCUT2D eigenvalue weighted by molar-refractivity contribution is -0.134. The largest absolute Gasteiger partial charge is 0.449 e. The van der Waals surface area contributed by atoms with Gasteiger partial charge < -0.3 is 14.4 Å². The Bertz CT molecular complexity index is 2400. The van der Waals surface area contributed by atoms with E-state index in [9.17, 15) is 33.1 Å². The number of alkyl halides is 2. The number of imide groups is 1. The fourth-order valence-electron chi connectivity index (χ4n) is 8.13. The topological polar surface area (TPSA) is 149 Å². The number of aromatic nitrogens is 2. The molecule has 3 aromatic carbocycles. The first kappa shape index (κ1) is 40.1. The summed E-state index contributed by atoms with van der Waals surface area (Å²) in [5, 5.41) is 15.1. The Morgan fingerprint density at radius 1 is 0.864 bits per heavy atom. The maximum absolute atomic E-state index is 13.8. The van der Waals surface area contributed by atoms with Gasteiger partial charge in [-0.3, -0.25) is 34.5 Å². The Morgan fingerprint density at radius 3 is 2.36 bits per heavy atom. The van der Waals surface area contributed by atoms with Crippen LogP contribution in [-0.2, 0) is 20.8 Å². The van der Waals surface area contributed by atoms with Gasteiger partial charge in [-0.2, -0.15) is 0 Å². The van der Waals surface area contributed by atoms with Crippen LogP contribution in [0.4, 0.5) is 25.0 Å². The van der Waals surface area contributed by atoms with E-state index >= 15 is 0 Å². The van der Waals surface area contributed by atoms with Crippen molar-refractivity contribution in [2.75, 3.05) is 29.4 Å². The van der Waals surface area contributed by atoms with Gasteiger partial charge >= 0.3 is 6.03 Å². The highest BCUT2D eigenvalue weighted by atomic mass is 35.5. The van der Waals surface area contributed by atoms with Gasteiger partial charge in [-0.1, -0.05) is 59.6 Å². The Labute approximate surface area is 347 Å². The van der Waals surface area contributed by atoms with E-state index in [2.05, 4.69) is 15.3 Å². The molecular formula is C43H38Cl2F2N6O6. The fraction of sp³-hybridized carbons (Fsp3) is 0.302. The predicted molar refractivity (Wildman–Crippen MR) is 216 cm³/mol. The molecule has 2 aromatic heterocycles. The minimum atomic E-state index is -2.66. The zero-order chi connectivity index (χ0) is 41.4. The molecule has 0 bridgehead atoms. The second kappa shape index (κ2) is 16.9. The van der Waals surface area contributed by atoms with Crippen molar-refractivity contribution in [1.82, 2.24) is 20.2 Å². The van der Waals surface area contributed by atoms with Crippen LogP contribution in [0.5, 0.6) is 0 Å². The zero-order valence-electron chi connectivity index (χ0n) is 31.5. The van der Waals surface area contributed by atoms with Crippen LogP contribution in [-0.4, -0.2) is 76.0 Å². The lowest BCUT2D eigenvalue weighted by Gasteiger charge is -2.39. The number of hydrogen-bond donors (Lipinski definition) is 2. The first-order valence-corrected chi connectivity index (χ1v) is 20.0. The SMILES string of the molecule is O=C1CCC(c2cc(N3C(=O)CCC(c4cccc(-c5ccc(Cc6ncco6)nc5)c4Cl)C3O)cc(-c3ccc(N4CCCN(CC(F)F)C4=O)cc3)c2Cl)C(=O)N1. The van der Waals surface area contributed by atoms with E-state index in [0.717, 1.165) is 16.2 Å². The number of nitrogens with one attached hydrogen (secondary N) is 1. The fourth-order valence-corrected chi connectivity index (χ4v) is 8.86. The van der Waals surface area contributed by atoms with Crippen LogP contribution in [0.25, 0.3) is 22.3 Å². The summed E-state index contributed by atoms with van der Waals surface area (Å²) in [6, 6.07) is 18.8. The molecular weight excluding hydrogens is 805 g/mol. The quantitative estimate of drug-likeness (QED) is 0.135. The Morgan fingerprint density at radius 2 is 1.64 bits per heavy atom. The molecule has 16 heteroatoms. The van der Waals surface area contributed by atoms with Gasteiger partial charge in [0.05, 0.1) is 35.1 Å². The number of hydrogen-bond acceptors (Lipinski definition) is 8. The number of nitrogens with zero attached hydrogens (tertiary/aromatic N) is 5. The van der Waals surface area contributed by atoms with Crippen molar-refractivity contribution >= 4 is 58.3 Å². The number of pyridine rings is 1. The summed E-state index contributed by atoms with van der Waals surface area (Å²) in [5.74, 6) is -2.21. The molecule has 304 valence electrons. The summed E-state index contributed by atoms with van der Waals surface area (Å²) in [4.78, 5) is 64.9. The molecule has 3 unspecified atom stereocenters. The summed E-state index contributed by atoms with van der Waals surface area (Å²) < 4.78 is 31.7. The van der Waals surface area contributed by atoms with Gasteiger partial charge in [0.1, 0.15) is 12.5 Å². The molecule has 12 nitrogen and oxygen atoms in total. The summed E-state index contributed by atoms with van der Waals surface area (Å²) in [6.45, 7) is -0.0692. The summed E-state index contributed by atoms with van der Waals surface area (Å²) in [5.41, 5.74) is 4.97. The number of benzene rings is 3. The maximum atomic E-state index is 13.8. The number of aliphatic hydroxyl groups is 1. The van der Waals surface area contributed by atoms with E-state index in [4.69, 9.17) is 27.6 Å². The van der Waals surface area contributed by atoms with Gasteiger partial charge in [0.2, 0.25) is 17.7 Å². The molecule has 0 spiro atoms. The van der Waals surface area contributed by atoms with Crippen LogP contribution in [0.15, 0.2) is 89.8 Å². The maximum Gasteiger partial charge on any atom is 0.324 e. The highest BCUT2D eigenvalue weighted by Gasteiger charge is 2.39. The van der Waals surface area contributed by atoms with Gasteiger partial charge in [-0.25, -0.2) is 18.6 Å². The van der Waals surface area contributed by atoms with Gasteiger partial charge in [0, 0.05) is 71.8 Å². The minimum absolute atomic E-state index is 0.0756. The molecule has 5 heterocycles. The standard InChI is InChI=1S/C43H38Cl2F2N6O6/c44-39-29(25-5-8-26(49-22-25)19-37-48-15-18-59-37)3-1-4-30(39)32-12-14-38(55)53(42(32)57)28-20-33(40(45)34(21-28)31-11-13-36(54)50-41(31)56)24-6-9-27(10-7-24)52-17-2-16-51(43(52)58)23-35(46)47/h1,3-10,15,18,20-22,31-32,35,42,57H,2,11-14,16-17,19,23H2,(H,50,54,56). The average Bonchev–Trinajstić information content (AvgIpc) is 3.73. The molecule has 2 N–H and O–H groups in total. The average molecular weight is 844 g/mol. The molecule has 5 aromatic rings. The molecule has 3 atom stereocenters. The summed E-state index contributed by atoms with van der Waals surface area (Å²) >= 11 is 14.2. The minimum Gasteiger partial charge on any atom is -0.449 e. The van der Waals surface area contributed by atoms with Crippen molar-refractivity contribution in [3.8, 4) is 22.3 Å². The molecule has 0 saturated carbocycles. The molecule has 3 saturated heterocycles. The number of anilines is 2. The van der Waals surface area contributed by atoms with E-state index in [-0.39, 0.29) is 42.4 Å². The van der Waals surface area contributed by atoms with Crippen LogP contribution in [0.1, 0.15) is 66.7 Å². The van der Waals surface area contributed by atoms with Crippen LogP contribution >= 0.6 is 23.2 Å². The lowest BCUT2D eigenvalue weighted by atomic mass is 9.85. The van der Waals surface area contributed by atoms with Gasteiger partial charge in [-0.05, 0) is 66.3 Å². The molecule has 0 aliphatic carbocycles. The predicted octanol–water partition coefficient (Wildman–Crippen LogP) is 7.95. The highest BCUT2D eigenvalue weighted by molar-refractivity contribution is 6.35. The number of urea groups is 1. The number of piperidine rings is 2. The van der Waals surface area contributed by atoms with Crippen molar-refractivity contribution in [2.45, 2.75) is 63.0 Å². The number of oxazole rings is 1. The molecule has 0 radical (unpaired) electrons. The second-order valence-electron chi connectivity index (χ2n) is 14.7. The van der Waals surface area contributed by atoms with Crippen molar-refractivity contribution in [3.05, 3.63) is 118 Å². The Kier molecular flexibility index (Phi) is 11.5. The van der Waals surface area contributed by atoms with Crippen molar-refractivity contribution in [3.63, 3.8) is 0 Å². The first-order valence-electron chi connectivity index (χ1n) is 19.2. The molecule has 59 heavy (non-hydrogen) atoms. The van der Waals surface area contributed by atoms with Crippen LogP contribution in [0.3, 0.4) is 0 Å². The van der Waals surface area contributed by atoms with E-state index in [1.807, 2.05) is 30.3 Å². The lowest BCUT2D eigenvalue weighted by Crippen LogP contribution is -2.50. The number of aliphatic hydroxyl groups excluding tert-OH is 1. The van der Waals surface area contributed by atoms with Gasteiger partial charge in [0.15, 0.2) is 5.89 Å². The molecule has 3 aliphatic heterocycles. The third kappa shape index (κ3) is 8.17. The number of rotatable bonds is 10. The van der Waals surface area contributed by atoms with Crippen molar-refractivity contribution in [2.24, 2.45) is 0 Å².